The number of nitro groups is 1. The lowest BCUT2D eigenvalue weighted by Crippen LogP contribution is -2.24. The number of aryl methyl sites for hydroxylation is 1. The average Bonchev–Trinajstić information content (AvgIpc) is 3.17. The number of hydrogen-bond donors (Lipinski definition) is 0. The molecule has 0 spiro atoms. The van der Waals surface area contributed by atoms with E-state index in [0.717, 1.165) is 42.0 Å². The second-order valence-corrected chi connectivity index (χ2v) is 6.66. The first-order valence-corrected chi connectivity index (χ1v) is 9.00. The van der Waals surface area contributed by atoms with Crippen LogP contribution in [0.2, 0.25) is 0 Å². The summed E-state index contributed by atoms with van der Waals surface area (Å²) < 4.78 is 5.44. The molecule has 27 heavy (non-hydrogen) atoms. The Kier molecular flexibility index (Phi) is 5.98. The molecule has 3 rings (SSSR count). The van der Waals surface area contributed by atoms with Gasteiger partial charge in [-0.05, 0) is 32.5 Å². The molecule has 0 amide bonds. The highest BCUT2D eigenvalue weighted by Crippen LogP contribution is 2.24. The molecule has 0 aliphatic carbocycles. The van der Waals surface area contributed by atoms with Crippen molar-refractivity contribution >= 4 is 5.69 Å². The van der Waals surface area contributed by atoms with Crippen molar-refractivity contribution in [2.75, 3.05) is 13.6 Å². The average molecular weight is 365 g/mol. The number of nitro benzene ring substituents is 1. The van der Waals surface area contributed by atoms with Gasteiger partial charge in [0.05, 0.1) is 4.92 Å². The molecule has 2 aromatic carbocycles. The highest BCUT2D eigenvalue weighted by molar-refractivity contribution is 5.58. The molecule has 0 aliphatic rings. The predicted octanol–water partition coefficient (Wildman–Crippen LogP) is 4.88. The molecule has 6 heteroatoms. The van der Waals surface area contributed by atoms with Crippen molar-refractivity contribution < 1.29 is 9.45 Å². The molecule has 0 aliphatic heterocycles. The third-order valence-corrected chi connectivity index (χ3v) is 4.79. The van der Waals surface area contributed by atoms with Gasteiger partial charge in [-0.25, -0.2) is 0 Å². The Hall–Kier alpha value is -2.99. The SMILES string of the molecule is CC(c1cccc([N+](=O)[O-])c1)N(C)CCCc1cc(-c2ccccc2)no1. The Balaban J connectivity index is 1.53. The lowest BCUT2D eigenvalue weighted by molar-refractivity contribution is -0.384. The Labute approximate surface area is 158 Å². The highest BCUT2D eigenvalue weighted by atomic mass is 16.6. The number of aromatic nitrogens is 1. The molecule has 1 atom stereocenters. The van der Waals surface area contributed by atoms with E-state index >= 15 is 0 Å². The first-order valence-electron chi connectivity index (χ1n) is 9.00. The number of hydrogen-bond acceptors (Lipinski definition) is 5. The van der Waals surface area contributed by atoms with Gasteiger partial charge in [-0.15, -0.1) is 0 Å². The van der Waals surface area contributed by atoms with Crippen molar-refractivity contribution in [2.45, 2.75) is 25.8 Å². The monoisotopic (exact) mass is 365 g/mol. The number of nitrogens with zero attached hydrogens (tertiary/aromatic N) is 3. The van der Waals surface area contributed by atoms with Crippen LogP contribution in [0.3, 0.4) is 0 Å². The van der Waals surface area contributed by atoms with E-state index in [9.17, 15) is 10.1 Å². The number of non-ortho nitro benzene ring substituents is 1. The summed E-state index contributed by atoms with van der Waals surface area (Å²) in [5.74, 6) is 0.866. The largest absolute Gasteiger partial charge is 0.361 e. The van der Waals surface area contributed by atoms with E-state index in [0.29, 0.717) is 0 Å². The van der Waals surface area contributed by atoms with Gasteiger partial charge < -0.3 is 4.52 Å². The summed E-state index contributed by atoms with van der Waals surface area (Å²) in [4.78, 5) is 12.8. The van der Waals surface area contributed by atoms with Gasteiger partial charge in [0.1, 0.15) is 11.5 Å². The van der Waals surface area contributed by atoms with Gasteiger partial charge in [-0.3, -0.25) is 15.0 Å². The lowest BCUT2D eigenvalue weighted by atomic mass is 10.1. The van der Waals surface area contributed by atoms with Crippen molar-refractivity contribution in [2.24, 2.45) is 0 Å². The van der Waals surface area contributed by atoms with Gasteiger partial charge in [0, 0.05) is 36.2 Å². The molecule has 0 N–H and O–H groups in total. The first-order chi connectivity index (χ1) is 13.0. The van der Waals surface area contributed by atoms with Crippen molar-refractivity contribution in [1.82, 2.24) is 10.1 Å². The normalized spacial score (nSPS) is 12.3. The van der Waals surface area contributed by atoms with Gasteiger partial charge in [0.15, 0.2) is 0 Å². The minimum Gasteiger partial charge on any atom is -0.361 e. The molecular formula is C21H23N3O3. The third kappa shape index (κ3) is 4.80. The molecule has 1 unspecified atom stereocenters. The van der Waals surface area contributed by atoms with Crippen LogP contribution in [0, 0.1) is 10.1 Å². The van der Waals surface area contributed by atoms with E-state index < -0.39 is 0 Å². The van der Waals surface area contributed by atoms with Crippen LogP contribution in [0.15, 0.2) is 65.2 Å². The van der Waals surface area contributed by atoms with Crippen LogP contribution >= 0.6 is 0 Å². The van der Waals surface area contributed by atoms with Crippen LogP contribution < -0.4 is 0 Å². The van der Waals surface area contributed by atoms with Gasteiger partial charge in [-0.1, -0.05) is 47.6 Å². The molecule has 3 aromatic rings. The van der Waals surface area contributed by atoms with E-state index in [-0.39, 0.29) is 16.7 Å². The Morgan fingerprint density at radius 1 is 1.15 bits per heavy atom. The zero-order valence-corrected chi connectivity index (χ0v) is 15.5. The summed E-state index contributed by atoms with van der Waals surface area (Å²) in [6, 6.07) is 18.9. The van der Waals surface area contributed by atoms with Crippen LogP contribution in [-0.2, 0) is 6.42 Å². The Morgan fingerprint density at radius 3 is 2.67 bits per heavy atom. The molecule has 0 saturated carbocycles. The van der Waals surface area contributed by atoms with E-state index in [1.807, 2.05) is 49.5 Å². The lowest BCUT2D eigenvalue weighted by Gasteiger charge is -2.24. The van der Waals surface area contributed by atoms with Crippen molar-refractivity contribution in [3.8, 4) is 11.3 Å². The summed E-state index contributed by atoms with van der Waals surface area (Å²) in [5, 5.41) is 15.1. The fourth-order valence-electron chi connectivity index (χ4n) is 3.02. The Morgan fingerprint density at radius 2 is 1.93 bits per heavy atom. The van der Waals surface area contributed by atoms with Gasteiger partial charge in [-0.2, -0.15) is 0 Å². The third-order valence-electron chi connectivity index (χ3n) is 4.79. The van der Waals surface area contributed by atoms with Crippen LogP contribution in [-0.4, -0.2) is 28.6 Å². The van der Waals surface area contributed by atoms with Crippen molar-refractivity contribution in [1.29, 1.82) is 0 Å². The second-order valence-electron chi connectivity index (χ2n) is 6.66. The standard InChI is InChI=1S/C21H23N3O3/c1-16(18-10-6-11-19(14-18)24(25)26)23(2)13-7-12-20-15-21(22-27-20)17-8-4-3-5-9-17/h3-6,8-11,14-16H,7,12-13H2,1-2H3. The predicted molar refractivity (Wildman–Crippen MR) is 104 cm³/mol. The zero-order valence-electron chi connectivity index (χ0n) is 15.5. The molecule has 0 fully saturated rings. The zero-order chi connectivity index (χ0) is 19.2. The van der Waals surface area contributed by atoms with Gasteiger partial charge in [0.25, 0.3) is 5.69 Å². The van der Waals surface area contributed by atoms with E-state index in [1.54, 1.807) is 12.1 Å². The van der Waals surface area contributed by atoms with Crippen LogP contribution in [0.5, 0.6) is 0 Å². The summed E-state index contributed by atoms with van der Waals surface area (Å²) in [5.41, 5.74) is 2.97. The van der Waals surface area contributed by atoms with Gasteiger partial charge >= 0.3 is 0 Å². The molecule has 1 aromatic heterocycles. The van der Waals surface area contributed by atoms with Crippen molar-refractivity contribution in [3.05, 3.63) is 82.1 Å². The molecular weight excluding hydrogens is 342 g/mol. The summed E-state index contributed by atoms with van der Waals surface area (Å²) >= 11 is 0. The number of rotatable bonds is 8. The maximum atomic E-state index is 11.0. The van der Waals surface area contributed by atoms with Crippen LogP contribution in [0.4, 0.5) is 5.69 Å². The van der Waals surface area contributed by atoms with Crippen molar-refractivity contribution in [3.63, 3.8) is 0 Å². The quantitative estimate of drug-likeness (QED) is 0.420. The maximum absolute atomic E-state index is 11.0. The molecule has 6 nitrogen and oxygen atoms in total. The smallest absolute Gasteiger partial charge is 0.269 e. The Bertz CT molecular complexity index is 892. The van der Waals surface area contributed by atoms with Crippen LogP contribution in [0.1, 0.15) is 30.7 Å². The van der Waals surface area contributed by atoms with E-state index in [2.05, 4.69) is 17.0 Å². The minimum absolute atomic E-state index is 0.0968. The highest BCUT2D eigenvalue weighted by Gasteiger charge is 2.15. The second kappa shape index (κ2) is 8.60. The fourth-order valence-corrected chi connectivity index (χ4v) is 3.02. The molecule has 140 valence electrons. The molecule has 0 bridgehead atoms. The van der Waals surface area contributed by atoms with Crippen LogP contribution in [0.25, 0.3) is 11.3 Å². The first kappa shape index (κ1) is 18.8. The molecule has 1 heterocycles. The minimum atomic E-state index is -0.357. The molecule has 0 saturated heterocycles. The maximum Gasteiger partial charge on any atom is 0.269 e. The number of benzene rings is 2. The van der Waals surface area contributed by atoms with E-state index in [4.69, 9.17) is 4.52 Å². The van der Waals surface area contributed by atoms with Gasteiger partial charge in [0.2, 0.25) is 0 Å². The topological polar surface area (TPSA) is 72.4 Å². The summed E-state index contributed by atoms with van der Waals surface area (Å²) in [6.07, 6.45) is 1.71. The summed E-state index contributed by atoms with van der Waals surface area (Å²) in [6.45, 7) is 2.91. The summed E-state index contributed by atoms with van der Waals surface area (Å²) in [7, 11) is 2.03. The van der Waals surface area contributed by atoms with E-state index in [1.165, 1.54) is 6.07 Å². The fraction of sp³-hybridized carbons (Fsp3) is 0.286. The molecule has 0 radical (unpaired) electrons.